The van der Waals surface area contributed by atoms with Crippen LogP contribution in [0, 0.1) is 19.8 Å². The zero-order valence-electron chi connectivity index (χ0n) is 14.6. The minimum absolute atomic E-state index is 0.461. The number of rotatable bonds is 0. The predicted octanol–water partition coefficient (Wildman–Crippen LogP) is 4.91. The maximum Gasteiger partial charge on any atom is 0.201 e. The second-order valence-electron chi connectivity index (χ2n) is 7.41. The zero-order valence-corrected chi connectivity index (χ0v) is 15.4. The molecule has 0 N–H and O–H groups in total. The average Bonchev–Trinajstić information content (AvgIpc) is 3.19. The fourth-order valence-corrected chi connectivity index (χ4v) is 6.19. The molecule has 0 bridgehead atoms. The average molecular weight is 343 g/mol. The third-order valence-corrected chi connectivity index (χ3v) is 7.23. The van der Waals surface area contributed by atoms with Gasteiger partial charge in [0, 0.05) is 17.3 Å². The normalized spacial score (nSPS) is 23.6. The highest BCUT2D eigenvalue weighted by Gasteiger charge is 2.46. The fraction of sp³-hybridized carbons (Fsp3) is 0.227. The van der Waals surface area contributed by atoms with Crippen LogP contribution in [-0.2, 0) is 0 Å². The van der Waals surface area contributed by atoms with Gasteiger partial charge in [-0.05, 0) is 47.2 Å². The molecule has 0 saturated carbocycles. The van der Waals surface area contributed by atoms with Gasteiger partial charge in [0.25, 0.3) is 0 Å². The molecule has 2 atom stereocenters. The number of hydrogen-bond donors (Lipinski definition) is 0. The van der Waals surface area contributed by atoms with Gasteiger partial charge in [-0.25, -0.2) is 4.58 Å². The van der Waals surface area contributed by atoms with E-state index in [9.17, 15) is 0 Å². The third kappa shape index (κ3) is 1.52. The van der Waals surface area contributed by atoms with Gasteiger partial charge >= 0.3 is 0 Å². The van der Waals surface area contributed by atoms with E-state index in [4.69, 9.17) is 0 Å². The molecule has 0 radical (unpaired) electrons. The van der Waals surface area contributed by atoms with Crippen molar-refractivity contribution in [2.75, 3.05) is 7.05 Å². The number of aryl methyl sites for hydroxylation is 2. The molecule has 1 aromatic heterocycles. The molecule has 0 aliphatic carbocycles. The number of fused-ring (bicyclic) bond motifs is 4. The highest BCUT2D eigenvalue weighted by molar-refractivity contribution is 8.03. The molecule has 25 heavy (non-hydrogen) atoms. The molecule has 2 nitrogen and oxygen atoms in total. The van der Waals surface area contributed by atoms with Crippen LogP contribution in [-0.4, -0.2) is 27.2 Å². The van der Waals surface area contributed by atoms with Crippen molar-refractivity contribution in [2.45, 2.75) is 19.1 Å². The summed E-state index contributed by atoms with van der Waals surface area (Å²) in [5.74, 6) is 0.461. The van der Waals surface area contributed by atoms with E-state index in [1.807, 2.05) is 11.8 Å². The van der Waals surface area contributed by atoms with Crippen molar-refractivity contribution in [1.82, 2.24) is 4.57 Å². The molecule has 4 heterocycles. The molecule has 0 fully saturated rings. The van der Waals surface area contributed by atoms with Crippen molar-refractivity contribution < 1.29 is 4.58 Å². The Balaban J connectivity index is 1.93. The molecule has 3 aromatic rings. The lowest BCUT2D eigenvalue weighted by Crippen LogP contribution is -2.37. The van der Waals surface area contributed by atoms with Gasteiger partial charge in [-0.15, -0.1) is 11.8 Å². The summed E-state index contributed by atoms with van der Waals surface area (Å²) in [7, 11) is 2.20. The lowest BCUT2D eigenvalue weighted by Gasteiger charge is -2.29. The highest BCUT2D eigenvalue weighted by Crippen LogP contribution is 2.50. The standard InChI is InChI=1S/C22H19N2S/c1-12-10-24-16-11-25-17-8-9-23(3)21(20(16)17)19-13(2)14-6-4-5-7-15(14)18(12)22(19)24/h4-11,17,20H,1-3H3/q+1. The highest BCUT2D eigenvalue weighted by atomic mass is 32.2. The van der Waals surface area contributed by atoms with E-state index >= 15 is 0 Å². The van der Waals surface area contributed by atoms with Crippen LogP contribution < -0.4 is 0 Å². The van der Waals surface area contributed by atoms with Crippen LogP contribution in [0.1, 0.15) is 16.7 Å². The van der Waals surface area contributed by atoms with Gasteiger partial charge in [0.05, 0.1) is 16.3 Å². The first-order chi connectivity index (χ1) is 12.2. The molecule has 122 valence electrons. The Morgan fingerprint density at radius 1 is 1.12 bits per heavy atom. The Kier molecular flexibility index (Phi) is 2.50. The maximum absolute atomic E-state index is 2.48. The minimum Gasteiger partial charge on any atom is -0.318 e. The van der Waals surface area contributed by atoms with Gasteiger partial charge in [0.2, 0.25) is 5.71 Å². The van der Waals surface area contributed by atoms with E-state index < -0.39 is 0 Å². The van der Waals surface area contributed by atoms with Crippen molar-refractivity contribution in [3.05, 3.63) is 64.8 Å². The number of hydrogen-bond acceptors (Lipinski definition) is 1. The molecule has 2 unspecified atom stereocenters. The second-order valence-corrected chi connectivity index (χ2v) is 8.46. The van der Waals surface area contributed by atoms with Crippen LogP contribution in [0.5, 0.6) is 0 Å². The number of aromatic nitrogens is 1. The van der Waals surface area contributed by atoms with Crippen molar-refractivity contribution in [2.24, 2.45) is 5.92 Å². The monoisotopic (exact) mass is 343 g/mol. The van der Waals surface area contributed by atoms with Crippen LogP contribution in [0.4, 0.5) is 0 Å². The third-order valence-electron chi connectivity index (χ3n) is 6.11. The first kappa shape index (κ1) is 14.0. The summed E-state index contributed by atoms with van der Waals surface area (Å²) in [6.45, 7) is 4.56. The molecule has 0 spiro atoms. The molecular formula is C22H19N2S+. The molecular weight excluding hydrogens is 324 g/mol. The van der Waals surface area contributed by atoms with Crippen LogP contribution >= 0.6 is 11.8 Å². The van der Waals surface area contributed by atoms with Crippen molar-refractivity contribution in [1.29, 1.82) is 0 Å². The van der Waals surface area contributed by atoms with Gasteiger partial charge in [-0.3, -0.25) is 0 Å². The first-order valence-electron chi connectivity index (χ1n) is 8.84. The first-order valence-corrected chi connectivity index (χ1v) is 9.78. The number of nitrogens with zero attached hydrogens (tertiary/aromatic N) is 2. The Labute approximate surface area is 151 Å². The lowest BCUT2D eigenvalue weighted by molar-refractivity contribution is -0.425. The van der Waals surface area contributed by atoms with Crippen molar-refractivity contribution in [3.8, 4) is 0 Å². The van der Waals surface area contributed by atoms with Gasteiger partial charge in [0.1, 0.15) is 13.0 Å². The smallest absolute Gasteiger partial charge is 0.201 e. The summed E-state index contributed by atoms with van der Waals surface area (Å²) in [5.41, 5.74) is 8.55. The molecule has 3 aliphatic rings. The summed E-state index contributed by atoms with van der Waals surface area (Å²) < 4.78 is 4.83. The summed E-state index contributed by atoms with van der Waals surface area (Å²) in [4.78, 5) is 0. The Bertz CT molecular complexity index is 1210. The largest absolute Gasteiger partial charge is 0.318 e. The van der Waals surface area contributed by atoms with E-state index in [0.717, 1.165) is 0 Å². The summed E-state index contributed by atoms with van der Waals surface area (Å²) in [6.07, 6.45) is 6.97. The summed E-state index contributed by atoms with van der Waals surface area (Å²) in [6, 6.07) is 8.89. The van der Waals surface area contributed by atoms with E-state index in [0.29, 0.717) is 11.2 Å². The molecule has 0 saturated heterocycles. The lowest BCUT2D eigenvalue weighted by atomic mass is 9.81. The molecule has 2 aromatic carbocycles. The summed E-state index contributed by atoms with van der Waals surface area (Å²) in [5, 5.41) is 7.09. The number of allylic oxidation sites excluding steroid dienone is 1. The SMILES string of the molecule is Cc1c2c3c(c(C)cn3C3=CSC4C=C[N+](C)=C2C34)c2ccccc12. The number of thioether (sulfide) groups is 1. The molecule has 3 heteroatoms. The minimum atomic E-state index is 0.461. The number of benzene rings is 2. The molecule has 0 amide bonds. The predicted molar refractivity (Wildman–Crippen MR) is 107 cm³/mol. The maximum atomic E-state index is 2.48. The van der Waals surface area contributed by atoms with E-state index in [2.05, 4.69) is 78.2 Å². The van der Waals surface area contributed by atoms with Crippen LogP contribution in [0.15, 0.2) is 48.1 Å². The zero-order chi connectivity index (χ0) is 16.9. The topological polar surface area (TPSA) is 7.94 Å². The quantitative estimate of drug-likeness (QED) is 0.526. The second kappa shape index (κ2) is 4.47. The van der Waals surface area contributed by atoms with Gasteiger partial charge in [-0.1, -0.05) is 24.3 Å². The van der Waals surface area contributed by atoms with Crippen LogP contribution in [0.2, 0.25) is 0 Å². The van der Waals surface area contributed by atoms with E-state index in [1.54, 1.807) is 0 Å². The van der Waals surface area contributed by atoms with Gasteiger partial charge in [-0.2, -0.15) is 0 Å². The Morgan fingerprint density at radius 3 is 2.76 bits per heavy atom. The van der Waals surface area contributed by atoms with Crippen molar-refractivity contribution >= 4 is 44.8 Å². The van der Waals surface area contributed by atoms with Crippen molar-refractivity contribution in [3.63, 3.8) is 0 Å². The Hall–Kier alpha value is -2.26. The molecule has 6 rings (SSSR count). The summed E-state index contributed by atoms with van der Waals surface area (Å²) >= 11 is 1.96. The van der Waals surface area contributed by atoms with Crippen LogP contribution in [0.3, 0.4) is 0 Å². The van der Waals surface area contributed by atoms with E-state index in [1.165, 1.54) is 49.8 Å². The fourth-order valence-electron chi connectivity index (χ4n) is 5.05. The van der Waals surface area contributed by atoms with Crippen LogP contribution in [0.25, 0.3) is 27.4 Å². The Morgan fingerprint density at radius 2 is 1.92 bits per heavy atom. The molecule has 3 aliphatic heterocycles. The van der Waals surface area contributed by atoms with Gasteiger partial charge < -0.3 is 4.57 Å². The van der Waals surface area contributed by atoms with Gasteiger partial charge in [0.15, 0.2) is 6.20 Å². The van der Waals surface area contributed by atoms with E-state index in [-0.39, 0.29) is 0 Å².